The number of hydrogen-bond acceptors (Lipinski definition) is 6. The van der Waals surface area contributed by atoms with Crippen molar-refractivity contribution in [2.24, 2.45) is 0 Å². The predicted molar refractivity (Wildman–Crippen MR) is 96.2 cm³/mol. The Bertz CT molecular complexity index is 1020. The van der Waals surface area contributed by atoms with Crippen molar-refractivity contribution in [3.05, 3.63) is 51.5 Å². The Hall–Kier alpha value is -2.39. The van der Waals surface area contributed by atoms with Crippen LogP contribution in [0.15, 0.2) is 28.8 Å². The molecule has 0 atom stereocenters. The van der Waals surface area contributed by atoms with Crippen molar-refractivity contribution in [2.75, 3.05) is 11.4 Å². The lowest BCUT2D eigenvalue weighted by molar-refractivity contribution is -0.159. The van der Waals surface area contributed by atoms with Gasteiger partial charge >= 0.3 is 12.1 Å². The quantitative estimate of drug-likeness (QED) is 0.595. The van der Waals surface area contributed by atoms with Crippen LogP contribution in [-0.2, 0) is 19.1 Å². The molecule has 0 N–H and O–H groups in total. The molecule has 0 radical (unpaired) electrons. The first-order valence-electron chi connectivity index (χ1n) is 8.28. The van der Waals surface area contributed by atoms with E-state index in [2.05, 4.69) is 24.9 Å². The minimum absolute atomic E-state index is 0.0992. The van der Waals surface area contributed by atoms with E-state index in [0.717, 1.165) is 29.9 Å². The third-order valence-corrected chi connectivity index (χ3v) is 4.90. The molecule has 2 aromatic heterocycles. The van der Waals surface area contributed by atoms with Crippen LogP contribution in [0.2, 0.25) is 10.0 Å². The van der Waals surface area contributed by atoms with E-state index in [0.29, 0.717) is 23.0 Å². The predicted octanol–water partition coefficient (Wildman–Crippen LogP) is 4.81. The number of aryl methyl sites for hydroxylation is 1. The average Bonchev–Trinajstić information content (AvgIpc) is 3.15. The molecule has 28 heavy (non-hydrogen) atoms. The number of hydrogen-bond donors (Lipinski definition) is 0. The van der Waals surface area contributed by atoms with Crippen molar-refractivity contribution in [1.29, 1.82) is 0 Å². The zero-order valence-corrected chi connectivity index (χ0v) is 15.7. The maximum atomic E-state index is 12.7. The van der Waals surface area contributed by atoms with Gasteiger partial charge in [0.15, 0.2) is 0 Å². The van der Waals surface area contributed by atoms with Crippen LogP contribution in [0.25, 0.3) is 11.5 Å². The van der Waals surface area contributed by atoms with Gasteiger partial charge in [0, 0.05) is 23.1 Å². The Balaban J connectivity index is 1.67. The summed E-state index contributed by atoms with van der Waals surface area (Å²) < 4.78 is 42.4. The van der Waals surface area contributed by atoms with Crippen molar-refractivity contribution in [3.63, 3.8) is 0 Å². The fourth-order valence-corrected chi connectivity index (χ4v) is 3.38. The Morgan fingerprint density at radius 3 is 2.71 bits per heavy atom. The number of alkyl halides is 3. The van der Waals surface area contributed by atoms with Crippen LogP contribution in [0, 0.1) is 0 Å². The van der Waals surface area contributed by atoms with Gasteiger partial charge in [-0.1, -0.05) is 28.4 Å². The van der Waals surface area contributed by atoms with Crippen LogP contribution in [0.5, 0.6) is 0 Å². The highest BCUT2D eigenvalue weighted by atomic mass is 35.5. The van der Waals surface area contributed by atoms with E-state index in [1.165, 1.54) is 0 Å². The Morgan fingerprint density at radius 2 is 1.96 bits per heavy atom. The minimum Gasteiger partial charge on any atom is -0.366 e. The van der Waals surface area contributed by atoms with E-state index in [1.54, 1.807) is 24.3 Å². The lowest BCUT2D eigenvalue weighted by Crippen LogP contribution is -2.30. The summed E-state index contributed by atoms with van der Waals surface area (Å²) in [5, 5.41) is 12.6. The summed E-state index contributed by atoms with van der Waals surface area (Å²) in [5.74, 6) is -1.70. The second-order valence-electron chi connectivity index (χ2n) is 6.24. The summed E-state index contributed by atoms with van der Waals surface area (Å²) in [6.07, 6.45) is -3.15. The average molecular weight is 430 g/mol. The van der Waals surface area contributed by atoms with Gasteiger partial charge in [-0.25, -0.2) is 0 Å². The van der Waals surface area contributed by atoms with Crippen LogP contribution < -0.4 is 4.90 Å². The summed E-state index contributed by atoms with van der Waals surface area (Å²) in [6, 6.07) is 6.82. The van der Waals surface area contributed by atoms with Gasteiger partial charge in [-0.2, -0.15) is 23.3 Å². The normalized spacial score (nSPS) is 14.2. The van der Waals surface area contributed by atoms with Crippen molar-refractivity contribution in [1.82, 2.24) is 20.3 Å². The highest BCUT2D eigenvalue weighted by molar-refractivity contribution is 6.33. The van der Waals surface area contributed by atoms with E-state index < -0.39 is 12.1 Å². The van der Waals surface area contributed by atoms with Gasteiger partial charge in [0.25, 0.3) is 0 Å². The molecule has 0 amide bonds. The summed E-state index contributed by atoms with van der Waals surface area (Å²) in [7, 11) is 0. The number of anilines is 1. The van der Waals surface area contributed by atoms with Crippen LogP contribution in [0.4, 0.5) is 18.9 Å². The van der Waals surface area contributed by atoms with Gasteiger partial charge in [-0.15, -0.1) is 5.10 Å². The van der Waals surface area contributed by atoms with Crippen LogP contribution in [0.3, 0.4) is 0 Å². The van der Waals surface area contributed by atoms with Crippen molar-refractivity contribution in [2.45, 2.75) is 25.6 Å². The van der Waals surface area contributed by atoms with Crippen LogP contribution in [-0.4, -0.2) is 26.9 Å². The molecule has 1 aliphatic heterocycles. The zero-order valence-electron chi connectivity index (χ0n) is 14.2. The molecule has 1 aromatic carbocycles. The fourth-order valence-electron chi connectivity index (χ4n) is 3.00. The molecule has 3 aromatic rings. The van der Waals surface area contributed by atoms with Gasteiger partial charge in [-0.3, -0.25) is 0 Å². The first-order valence-corrected chi connectivity index (χ1v) is 9.03. The monoisotopic (exact) mass is 429 g/mol. The number of rotatable bonds is 3. The molecule has 11 heteroatoms. The second kappa shape index (κ2) is 7.21. The molecule has 0 fully saturated rings. The minimum atomic E-state index is -4.72. The van der Waals surface area contributed by atoms with E-state index in [-0.39, 0.29) is 11.5 Å². The van der Waals surface area contributed by atoms with E-state index in [9.17, 15) is 13.2 Å². The molecule has 146 valence electrons. The molecular formula is C17H12Cl2F3N5O. The Labute approximate surface area is 167 Å². The maximum absolute atomic E-state index is 12.7. The summed E-state index contributed by atoms with van der Waals surface area (Å²) in [4.78, 5) is 5.40. The topological polar surface area (TPSA) is 67.9 Å². The lowest BCUT2D eigenvalue weighted by atomic mass is 10.1. The SMILES string of the molecule is FC(F)(F)c1nc(-c2cc3c(nn2)CCCN3Cc2cc(Cl)ccc2Cl)no1. The first-order chi connectivity index (χ1) is 13.3. The van der Waals surface area contributed by atoms with Crippen LogP contribution in [0.1, 0.15) is 23.6 Å². The standard InChI is InChI=1S/C17H12Cl2F3N5O/c18-10-3-4-11(19)9(6-10)8-27-5-1-2-12-14(27)7-13(25-24-12)15-23-16(28-26-15)17(20,21)22/h3-4,6-7H,1-2,5,8H2. The van der Waals surface area contributed by atoms with E-state index in [4.69, 9.17) is 23.2 Å². The summed E-state index contributed by atoms with van der Waals surface area (Å²) in [5.41, 5.74) is 2.42. The third-order valence-electron chi connectivity index (χ3n) is 4.30. The molecule has 0 bridgehead atoms. The molecular weight excluding hydrogens is 418 g/mol. The van der Waals surface area contributed by atoms with Gasteiger partial charge < -0.3 is 9.42 Å². The molecule has 0 saturated carbocycles. The molecule has 0 saturated heterocycles. The summed E-state index contributed by atoms with van der Waals surface area (Å²) in [6.45, 7) is 1.19. The largest absolute Gasteiger partial charge is 0.471 e. The smallest absolute Gasteiger partial charge is 0.366 e. The number of halogens is 5. The molecule has 0 aliphatic carbocycles. The maximum Gasteiger partial charge on any atom is 0.471 e. The fraction of sp³-hybridized carbons (Fsp3) is 0.294. The van der Waals surface area contributed by atoms with Gasteiger partial charge in [0.2, 0.25) is 5.82 Å². The molecule has 0 unspecified atom stereocenters. The van der Waals surface area contributed by atoms with E-state index in [1.807, 2.05) is 4.90 Å². The van der Waals surface area contributed by atoms with Gasteiger partial charge in [0.1, 0.15) is 5.69 Å². The number of nitrogens with zero attached hydrogens (tertiary/aromatic N) is 5. The molecule has 6 nitrogen and oxygen atoms in total. The Morgan fingerprint density at radius 1 is 1.14 bits per heavy atom. The van der Waals surface area contributed by atoms with E-state index >= 15 is 0 Å². The first kappa shape index (κ1) is 18.9. The van der Waals surface area contributed by atoms with Gasteiger partial charge in [0.05, 0.1) is 11.4 Å². The molecule has 4 rings (SSSR count). The molecule has 0 spiro atoms. The zero-order chi connectivity index (χ0) is 19.9. The highest BCUT2D eigenvalue weighted by Crippen LogP contribution is 2.33. The highest BCUT2D eigenvalue weighted by Gasteiger charge is 2.38. The van der Waals surface area contributed by atoms with Crippen LogP contribution >= 0.6 is 23.2 Å². The lowest BCUT2D eigenvalue weighted by Gasteiger charge is -2.30. The number of benzene rings is 1. The van der Waals surface area contributed by atoms with Crippen molar-refractivity contribution < 1.29 is 17.7 Å². The summed E-state index contributed by atoms with van der Waals surface area (Å²) >= 11 is 12.3. The second-order valence-corrected chi connectivity index (χ2v) is 7.09. The van der Waals surface area contributed by atoms with Crippen molar-refractivity contribution >= 4 is 28.9 Å². The third kappa shape index (κ3) is 3.77. The molecule has 1 aliphatic rings. The van der Waals surface area contributed by atoms with Crippen molar-refractivity contribution in [3.8, 4) is 11.5 Å². The number of aromatic nitrogens is 4. The molecule has 3 heterocycles. The van der Waals surface area contributed by atoms with Gasteiger partial charge in [-0.05, 0) is 42.7 Å². The number of fused-ring (bicyclic) bond motifs is 1. The Kier molecular flexibility index (Phi) is 4.88.